The Bertz CT molecular complexity index is 342. The van der Waals surface area contributed by atoms with Crippen molar-refractivity contribution in [3.63, 3.8) is 0 Å². The quantitative estimate of drug-likeness (QED) is 0.706. The summed E-state index contributed by atoms with van der Waals surface area (Å²) in [6.07, 6.45) is 0. The topological polar surface area (TPSA) is 82.3 Å². The molecule has 1 aromatic rings. The van der Waals surface area contributed by atoms with E-state index in [9.17, 15) is 8.42 Å². The Labute approximate surface area is 67.9 Å². The first-order valence-corrected chi connectivity index (χ1v) is 4.99. The Balaban J connectivity index is 3.09. The molecule has 0 aliphatic carbocycles. The summed E-state index contributed by atoms with van der Waals surface area (Å²) in [5, 5.41) is 6.25. The lowest BCUT2D eigenvalue weighted by atomic mass is 11.0. The van der Waals surface area contributed by atoms with Crippen molar-refractivity contribution in [2.45, 2.75) is 5.03 Å². The third kappa shape index (κ3) is 1.88. The van der Waals surface area contributed by atoms with Crippen LogP contribution in [-0.4, -0.2) is 20.5 Å². The molecule has 0 saturated heterocycles. The van der Waals surface area contributed by atoms with Crippen LogP contribution in [0.25, 0.3) is 0 Å². The van der Waals surface area contributed by atoms with Crippen LogP contribution in [0.3, 0.4) is 0 Å². The number of rotatable bonds is 2. The van der Waals surface area contributed by atoms with E-state index >= 15 is 0 Å². The number of methoxy groups -OCH3 is 1. The molecule has 1 rings (SSSR count). The molecule has 0 atom stereocenters. The molecule has 1 aromatic heterocycles. The molecular formula is C4H6N2O3S2. The summed E-state index contributed by atoms with van der Waals surface area (Å²) in [4.78, 5) is 3.58. The van der Waals surface area contributed by atoms with Gasteiger partial charge in [0.1, 0.15) is 0 Å². The Morgan fingerprint density at radius 1 is 1.73 bits per heavy atom. The van der Waals surface area contributed by atoms with Gasteiger partial charge in [-0.3, -0.25) is 0 Å². The van der Waals surface area contributed by atoms with Crippen molar-refractivity contribution < 1.29 is 13.2 Å². The largest absolute Gasteiger partial charge is 0.473 e. The van der Waals surface area contributed by atoms with Crippen molar-refractivity contribution in [1.82, 2.24) is 4.98 Å². The fraction of sp³-hybridized carbons (Fsp3) is 0.250. The molecule has 0 unspecified atom stereocenters. The first kappa shape index (κ1) is 8.44. The average molecular weight is 194 g/mol. The molecule has 0 amide bonds. The van der Waals surface area contributed by atoms with Crippen molar-refractivity contribution in [2.75, 3.05) is 7.11 Å². The molecule has 5 nitrogen and oxygen atoms in total. The number of hydrogen-bond donors (Lipinski definition) is 1. The average Bonchev–Trinajstić information content (AvgIpc) is 2.32. The number of primary sulfonamides is 1. The zero-order valence-corrected chi connectivity index (χ0v) is 7.28. The van der Waals surface area contributed by atoms with E-state index < -0.39 is 10.0 Å². The van der Waals surface area contributed by atoms with Crippen LogP contribution in [0.2, 0.25) is 0 Å². The van der Waals surface area contributed by atoms with E-state index in [1.807, 2.05) is 0 Å². The van der Waals surface area contributed by atoms with E-state index in [-0.39, 0.29) is 10.2 Å². The van der Waals surface area contributed by atoms with Gasteiger partial charge in [-0.1, -0.05) is 11.3 Å². The van der Waals surface area contributed by atoms with Crippen LogP contribution in [0, 0.1) is 0 Å². The number of ether oxygens (including phenoxy) is 1. The van der Waals surface area contributed by atoms with Crippen LogP contribution in [0.4, 0.5) is 0 Å². The number of hydrogen-bond acceptors (Lipinski definition) is 5. The Morgan fingerprint density at radius 3 is 2.64 bits per heavy atom. The molecule has 7 heteroatoms. The van der Waals surface area contributed by atoms with Gasteiger partial charge in [-0.15, -0.1) is 0 Å². The molecule has 1 heterocycles. The number of nitrogens with zero attached hydrogens (tertiary/aromatic N) is 1. The number of thiazole rings is 1. The lowest BCUT2D eigenvalue weighted by molar-refractivity contribution is 0.409. The second kappa shape index (κ2) is 2.76. The molecule has 0 bridgehead atoms. The van der Waals surface area contributed by atoms with E-state index in [0.29, 0.717) is 0 Å². The van der Waals surface area contributed by atoms with Gasteiger partial charge in [0.05, 0.1) is 7.11 Å². The van der Waals surface area contributed by atoms with Crippen molar-refractivity contribution in [3.8, 4) is 5.19 Å². The number of nitrogens with two attached hydrogens (primary N) is 1. The summed E-state index contributed by atoms with van der Waals surface area (Å²) in [7, 11) is -2.26. The SMILES string of the molecule is COc1nc(S(N)(=O)=O)cs1. The molecule has 11 heavy (non-hydrogen) atoms. The van der Waals surface area contributed by atoms with E-state index in [2.05, 4.69) is 9.72 Å². The normalized spacial score (nSPS) is 11.5. The molecule has 0 aromatic carbocycles. The minimum Gasteiger partial charge on any atom is -0.473 e. The third-order valence-corrected chi connectivity index (χ3v) is 2.67. The molecule has 0 spiro atoms. The zero-order valence-electron chi connectivity index (χ0n) is 5.64. The Morgan fingerprint density at radius 2 is 2.36 bits per heavy atom. The lowest BCUT2D eigenvalue weighted by Gasteiger charge is -1.89. The summed E-state index contributed by atoms with van der Waals surface area (Å²) in [5.41, 5.74) is 0. The molecule has 0 radical (unpaired) electrons. The van der Waals surface area contributed by atoms with Crippen molar-refractivity contribution in [2.24, 2.45) is 5.14 Å². The molecule has 0 saturated carbocycles. The van der Waals surface area contributed by atoms with Gasteiger partial charge < -0.3 is 4.74 Å². The Kier molecular flexibility index (Phi) is 2.12. The summed E-state index contributed by atoms with van der Waals surface area (Å²) >= 11 is 1.08. The predicted octanol–water partition coefficient (Wildman–Crippen LogP) is -0.201. The zero-order chi connectivity index (χ0) is 8.48. The van der Waals surface area contributed by atoms with Gasteiger partial charge in [0, 0.05) is 5.38 Å². The van der Waals surface area contributed by atoms with Crippen LogP contribution in [0.5, 0.6) is 5.19 Å². The summed E-state index contributed by atoms with van der Waals surface area (Å²) in [6, 6.07) is 0. The summed E-state index contributed by atoms with van der Waals surface area (Å²) in [5.74, 6) is 0. The van der Waals surface area contributed by atoms with Crippen LogP contribution >= 0.6 is 11.3 Å². The maximum absolute atomic E-state index is 10.6. The van der Waals surface area contributed by atoms with E-state index in [0.717, 1.165) is 11.3 Å². The molecular weight excluding hydrogens is 188 g/mol. The smallest absolute Gasteiger partial charge is 0.274 e. The molecule has 2 N–H and O–H groups in total. The van der Waals surface area contributed by atoms with E-state index in [1.54, 1.807) is 0 Å². The highest BCUT2D eigenvalue weighted by Gasteiger charge is 2.12. The van der Waals surface area contributed by atoms with Gasteiger partial charge >= 0.3 is 0 Å². The van der Waals surface area contributed by atoms with Gasteiger partial charge in [0.2, 0.25) is 0 Å². The van der Waals surface area contributed by atoms with Gasteiger partial charge in [0.15, 0.2) is 5.03 Å². The van der Waals surface area contributed by atoms with Gasteiger partial charge in [-0.25, -0.2) is 13.6 Å². The Hall–Kier alpha value is -0.660. The van der Waals surface area contributed by atoms with Gasteiger partial charge in [0.25, 0.3) is 15.2 Å². The fourth-order valence-electron chi connectivity index (χ4n) is 0.468. The van der Waals surface area contributed by atoms with Crippen LogP contribution in [0.1, 0.15) is 0 Å². The fourth-order valence-corrected chi connectivity index (χ4v) is 1.92. The van der Waals surface area contributed by atoms with Crippen LogP contribution < -0.4 is 9.88 Å². The monoisotopic (exact) mass is 194 g/mol. The van der Waals surface area contributed by atoms with Crippen molar-refractivity contribution in [3.05, 3.63) is 5.38 Å². The highest BCUT2D eigenvalue weighted by molar-refractivity contribution is 7.89. The summed E-state index contributed by atoms with van der Waals surface area (Å²) < 4.78 is 25.9. The van der Waals surface area contributed by atoms with Crippen LogP contribution in [0.15, 0.2) is 10.4 Å². The first-order chi connectivity index (χ1) is 5.04. The summed E-state index contributed by atoms with van der Waals surface area (Å²) in [6.45, 7) is 0. The highest BCUT2D eigenvalue weighted by atomic mass is 32.2. The number of aromatic nitrogens is 1. The van der Waals surface area contributed by atoms with Crippen molar-refractivity contribution >= 4 is 21.4 Å². The van der Waals surface area contributed by atoms with Gasteiger partial charge in [-0.2, -0.15) is 4.98 Å². The minimum atomic E-state index is -3.67. The molecule has 0 aliphatic rings. The first-order valence-electron chi connectivity index (χ1n) is 2.56. The third-order valence-electron chi connectivity index (χ3n) is 0.928. The standard InChI is InChI=1S/C4H6N2O3S2/c1-9-4-6-3(2-10-4)11(5,7)8/h2H,1H3,(H2,5,7,8). The lowest BCUT2D eigenvalue weighted by Crippen LogP contribution is -2.12. The van der Waals surface area contributed by atoms with Crippen molar-refractivity contribution in [1.29, 1.82) is 0 Å². The van der Waals surface area contributed by atoms with E-state index in [1.165, 1.54) is 12.5 Å². The number of sulfonamides is 1. The second-order valence-corrected chi connectivity index (χ2v) is 4.03. The molecule has 0 aliphatic heterocycles. The highest BCUT2D eigenvalue weighted by Crippen LogP contribution is 2.19. The van der Waals surface area contributed by atoms with Gasteiger partial charge in [-0.05, 0) is 0 Å². The molecule has 62 valence electrons. The maximum Gasteiger partial charge on any atom is 0.274 e. The second-order valence-electron chi connectivity index (χ2n) is 1.70. The van der Waals surface area contributed by atoms with E-state index in [4.69, 9.17) is 5.14 Å². The maximum atomic E-state index is 10.6. The van der Waals surface area contributed by atoms with Crippen LogP contribution in [-0.2, 0) is 10.0 Å². The predicted molar refractivity (Wildman–Crippen MR) is 40.0 cm³/mol. The minimum absolute atomic E-state index is 0.153. The molecule has 0 fully saturated rings.